The van der Waals surface area contributed by atoms with E-state index < -0.39 is 0 Å². The second kappa shape index (κ2) is 3.84. The molecular formula is C12H12FN3O. The maximum atomic E-state index is 13.2. The highest BCUT2D eigenvalue weighted by Gasteiger charge is 2.23. The van der Waals surface area contributed by atoms with Gasteiger partial charge in [-0.2, -0.15) is 5.10 Å². The third-order valence-corrected chi connectivity index (χ3v) is 3.12. The van der Waals surface area contributed by atoms with E-state index in [0.29, 0.717) is 16.6 Å². The molecule has 1 aliphatic heterocycles. The summed E-state index contributed by atoms with van der Waals surface area (Å²) in [4.78, 5) is 13.9. The zero-order valence-corrected chi connectivity index (χ0v) is 9.24. The van der Waals surface area contributed by atoms with Gasteiger partial charge in [0.05, 0.1) is 5.52 Å². The third kappa shape index (κ3) is 1.67. The Bertz CT molecular complexity index is 572. The lowest BCUT2D eigenvalue weighted by atomic mass is 10.2. The number of carbonyl (C=O) groups excluding carboxylic acids is 1. The number of likely N-dealkylation sites (tertiary alicyclic amines) is 1. The van der Waals surface area contributed by atoms with Gasteiger partial charge in [-0.25, -0.2) is 4.39 Å². The van der Waals surface area contributed by atoms with Crippen molar-refractivity contribution in [2.45, 2.75) is 12.8 Å². The number of nitrogens with one attached hydrogen (secondary N) is 1. The molecular weight excluding hydrogens is 221 g/mol. The first kappa shape index (κ1) is 10.3. The van der Waals surface area contributed by atoms with E-state index in [0.717, 1.165) is 25.9 Å². The van der Waals surface area contributed by atoms with Gasteiger partial charge in [0, 0.05) is 18.5 Å². The molecule has 1 N–H and O–H groups in total. The average molecular weight is 233 g/mol. The normalized spacial score (nSPS) is 15.7. The number of hydrogen-bond donors (Lipinski definition) is 1. The van der Waals surface area contributed by atoms with Gasteiger partial charge in [0.1, 0.15) is 5.82 Å². The zero-order valence-electron chi connectivity index (χ0n) is 9.24. The lowest BCUT2D eigenvalue weighted by Crippen LogP contribution is -2.28. The number of rotatable bonds is 1. The van der Waals surface area contributed by atoms with Crippen molar-refractivity contribution >= 4 is 16.8 Å². The molecule has 0 aliphatic carbocycles. The summed E-state index contributed by atoms with van der Waals surface area (Å²) in [5.41, 5.74) is 1.01. The average Bonchev–Trinajstić information content (AvgIpc) is 2.97. The van der Waals surface area contributed by atoms with Crippen LogP contribution < -0.4 is 0 Å². The Kier molecular flexibility index (Phi) is 2.31. The number of halogens is 1. The lowest BCUT2D eigenvalue weighted by Gasteiger charge is -2.13. The SMILES string of the molecule is O=C(c1n[nH]c2ccc(F)cc12)N1CCCC1. The Balaban J connectivity index is 2.04. The molecule has 1 saturated heterocycles. The van der Waals surface area contributed by atoms with E-state index in [-0.39, 0.29) is 11.7 Å². The molecule has 0 saturated carbocycles. The van der Waals surface area contributed by atoms with Gasteiger partial charge < -0.3 is 4.90 Å². The summed E-state index contributed by atoms with van der Waals surface area (Å²) in [6, 6.07) is 4.30. The van der Waals surface area contributed by atoms with Gasteiger partial charge in [0.25, 0.3) is 5.91 Å². The van der Waals surface area contributed by atoms with Crippen molar-refractivity contribution in [2.24, 2.45) is 0 Å². The van der Waals surface area contributed by atoms with Crippen molar-refractivity contribution in [3.8, 4) is 0 Å². The van der Waals surface area contributed by atoms with Crippen molar-refractivity contribution in [1.29, 1.82) is 0 Å². The molecule has 3 rings (SSSR count). The summed E-state index contributed by atoms with van der Waals surface area (Å²) >= 11 is 0. The van der Waals surface area contributed by atoms with Gasteiger partial charge in [0.15, 0.2) is 5.69 Å². The van der Waals surface area contributed by atoms with Crippen LogP contribution >= 0.6 is 0 Å². The molecule has 4 nitrogen and oxygen atoms in total. The Labute approximate surface area is 97.4 Å². The molecule has 2 heterocycles. The van der Waals surface area contributed by atoms with Crippen molar-refractivity contribution in [2.75, 3.05) is 13.1 Å². The third-order valence-electron chi connectivity index (χ3n) is 3.12. The van der Waals surface area contributed by atoms with Crippen LogP contribution in [0.1, 0.15) is 23.3 Å². The minimum atomic E-state index is -0.352. The molecule has 5 heteroatoms. The van der Waals surface area contributed by atoms with E-state index in [4.69, 9.17) is 0 Å². The summed E-state index contributed by atoms with van der Waals surface area (Å²) in [5, 5.41) is 7.31. The Morgan fingerprint density at radius 3 is 2.88 bits per heavy atom. The quantitative estimate of drug-likeness (QED) is 0.818. The van der Waals surface area contributed by atoms with Gasteiger partial charge in [-0.1, -0.05) is 0 Å². The van der Waals surface area contributed by atoms with Crippen LogP contribution in [0.3, 0.4) is 0 Å². The van der Waals surface area contributed by atoms with E-state index in [1.165, 1.54) is 12.1 Å². The summed E-state index contributed by atoms with van der Waals surface area (Å²) in [5.74, 6) is -0.464. The van der Waals surface area contributed by atoms with E-state index in [2.05, 4.69) is 10.2 Å². The number of amides is 1. The van der Waals surface area contributed by atoms with Crippen LogP contribution in [0.4, 0.5) is 4.39 Å². The summed E-state index contributed by atoms with van der Waals surface area (Å²) in [6.45, 7) is 1.53. The summed E-state index contributed by atoms with van der Waals surface area (Å²) in [6.07, 6.45) is 2.06. The minimum absolute atomic E-state index is 0.112. The van der Waals surface area contributed by atoms with Crippen molar-refractivity contribution < 1.29 is 9.18 Å². The van der Waals surface area contributed by atoms with Gasteiger partial charge in [-0.05, 0) is 31.0 Å². The van der Waals surface area contributed by atoms with E-state index in [1.807, 2.05) is 0 Å². The lowest BCUT2D eigenvalue weighted by molar-refractivity contribution is 0.0789. The smallest absolute Gasteiger partial charge is 0.274 e. The molecule has 0 spiro atoms. The highest BCUT2D eigenvalue weighted by Crippen LogP contribution is 2.20. The van der Waals surface area contributed by atoms with Crippen LogP contribution in [0.2, 0.25) is 0 Å². The van der Waals surface area contributed by atoms with Crippen LogP contribution in [0.5, 0.6) is 0 Å². The number of aromatic amines is 1. The van der Waals surface area contributed by atoms with Crippen molar-refractivity contribution in [1.82, 2.24) is 15.1 Å². The molecule has 1 amide bonds. The van der Waals surface area contributed by atoms with Crippen LogP contribution in [-0.4, -0.2) is 34.1 Å². The predicted octanol–water partition coefficient (Wildman–Crippen LogP) is 1.94. The van der Waals surface area contributed by atoms with E-state index in [9.17, 15) is 9.18 Å². The van der Waals surface area contributed by atoms with E-state index >= 15 is 0 Å². The highest BCUT2D eigenvalue weighted by molar-refractivity contribution is 6.04. The number of carbonyl (C=O) groups is 1. The van der Waals surface area contributed by atoms with Gasteiger partial charge in [-0.3, -0.25) is 9.89 Å². The maximum absolute atomic E-state index is 13.2. The zero-order chi connectivity index (χ0) is 11.8. The fourth-order valence-corrected chi connectivity index (χ4v) is 2.22. The minimum Gasteiger partial charge on any atom is -0.337 e. The first-order valence-electron chi connectivity index (χ1n) is 5.68. The van der Waals surface area contributed by atoms with Crippen LogP contribution in [-0.2, 0) is 0 Å². The van der Waals surface area contributed by atoms with Crippen LogP contribution in [0.15, 0.2) is 18.2 Å². The number of nitrogens with zero attached hydrogens (tertiary/aromatic N) is 2. The number of benzene rings is 1. The second-order valence-corrected chi connectivity index (χ2v) is 4.26. The molecule has 0 unspecified atom stereocenters. The molecule has 2 aromatic rings. The van der Waals surface area contributed by atoms with E-state index in [1.54, 1.807) is 11.0 Å². The molecule has 88 valence electrons. The fourth-order valence-electron chi connectivity index (χ4n) is 2.22. The number of hydrogen-bond acceptors (Lipinski definition) is 2. The Morgan fingerprint density at radius 2 is 2.12 bits per heavy atom. The molecule has 0 bridgehead atoms. The van der Waals surface area contributed by atoms with Crippen LogP contribution in [0, 0.1) is 5.82 Å². The Morgan fingerprint density at radius 1 is 1.35 bits per heavy atom. The second-order valence-electron chi connectivity index (χ2n) is 4.26. The molecule has 0 atom stereocenters. The Hall–Kier alpha value is -1.91. The molecule has 1 aromatic carbocycles. The monoisotopic (exact) mass is 233 g/mol. The molecule has 1 aromatic heterocycles. The van der Waals surface area contributed by atoms with Crippen molar-refractivity contribution in [3.05, 3.63) is 29.7 Å². The molecule has 17 heavy (non-hydrogen) atoms. The number of H-pyrrole nitrogens is 1. The largest absolute Gasteiger partial charge is 0.337 e. The fraction of sp³-hybridized carbons (Fsp3) is 0.333. The van der Waals surface area contributed by atoms with Crippen molar-refractivity contribution in [3.63, 3.8) is 0 Å². The highest BCUT2D eigenvalue weighted by atomic mass is 19.1. The summed E-state index contributed by atoms with van der Waals surface area (Å²) in [7, 11) is 0. The standard InChI is InChI=1S/C12H12FN3O/c13-8-3-4-10-9(7-8)11(15-14-10)12(17)16-5-1-2-6-16/h3-4,7H,1-2,5-6H2,(H,14,15). The molecule has 0 radical (unpaired) electrons. The maximum Gasteiger partial charge on any atom is 0.274 e. The first-order chi connectivity index (χ1) is 8.25. The predicted molar refractivity (Wildman–Crippen MR) is 61.2 cm³/mol. The van der Waals surface area contributed by atoms with Gasteiger partial charge >= 0.3 is 0 Å². The number of aromatic nitrogens is 2. The first-order valence-corrected chi connectivity index (χ1v) is 5.68. The van der Waals surface area contributed by atoms with Crippen LogP contribution in [0.25, 0.3) is 10.9 Å². The van der Waals surface area contributed by atoms with Gasteiger partial charge in [-0.15, -0.1) is 0 Å². The van der Waals surface area contributed by atoms with Gasteiger partial charge in [0.2, 0.25) is 0 Å². The number of fused-ring (bicyclic) bond motifs is 1. The summed E-state index contributed by atoms with van der Waals surface area (Å²) < 4.78 is 13.2. The molecule has 1 aliphatic rings. The molecule has 1 fully saturated rings. The topological polar surface area (TPSA) is 49.0 Å².